The number of hydrogen-bond donors (Lipinski definition) is 3. The minimum absolute atomic E-state index is 0.114. The molecule has 0 atom stereocenters. The van der Waals surface area contributed by atoms with Gasteiger partial charge in [-0.2, -0.15) is 0 Å². The van der Waals surface area contributed by atoms with Gasteiger partial charge in [0.2, 0.25) is 0 Å². The second kappa shape index (κ2) is 6.86. The average molecular weight is 229 g/mol. The Bertz CT molecular complexity index is 210. The Hall–Kier alpha value is -0.610. The first kappa shape index (κ1) is 13.5. The number of carbonyl (C=O) groups is 1. The maximum Gasteiger partial charge on any atom is 0.323 e. The van der Waals surface area contributed by atoms with Crippen LogP contribution < -0.4 is 5.32 Å². The lowest BCUT2D eigenvalue weighted by atomic mass is 9.84. The maximum atomic E-state index is 11.4. The minimum Gasteiger partial charge on any atom is -0.480 e. The molecule has 1 saturated carbocycles. The molecule has 3 N–H and O–H groups in total. The Morgan fingerprint density at radius 2 is 1.69 bits per heavy atom. The largest absolute Gasteiger partial charge is 0.480 e. The van der Waals surface area contributed by atoms with Crippen LogP contribution in [-0.4, -0.2) is 34.9 Å². The lowest BCUT2D eigenvalue weighted by Gasteiger charge is -2.32. The molecule has 0 aromatic rings. The van der Waals surface area contributed by atoms with Gasteiger partial charge in [0.25, 0.3) is 0 Å². The zero-order valence-electron chi connectivity index (χ0n) is 9.87. The van der Waals surface area contributed by atoms with Crippen LogP contribution in [0.1, 0.15) is 51.4 Å². The zero-order valence-corrected chi connectivity index (χ0v) is 9.87. The fourth-order valence-corrected chi connectivity index (χ4v) is 2.38. The van der Waals surface area contributed by atoms with Gasteiger partial charge in [-0.25, -0.2) is 0 Å². The molecule has 0 heterocycles. The minimum atomic E-state index is -0.740. The third-order valence-corrected chi connectivity index (χ3v) is 3.41. The van der Waals surface area contributed by atoms with E-state index in [9.17, 15) is 9.90 Å². The quantitative estimate of drug-likeness (QED) is 0.625. The summed E-state index contributed by atoms with van der Waals surface area (Å²) in [7, 11) is 0. The highest BCUT2D eigenvalue weighted by Gasteiger charge is 2.37. The summed E-state index contributed by atoms with van der Waals surface area (Å²) in [5, 5.41) is 21.3. The first-order chi connectivity index (χ1) is 7.71. The lowest BCUT2D eigenvalue weighted by Crippen LogP contribution is -2.52. The zero-order chi connectivity index (χ0) is 11.9. The standard InChI is InChI=1S/C12H23NO3/c14-10-6-9-13-12(11(15)16)7-4-2-1-3-5-8-12/h13-14H,1-10H2,(H,15,16). The normalized spacial score (nSPS) is 21.1. The molecule has 0 spiro atoms. The van der Waals surface area contributed by atoms with Crippen LogP contribution in [-0.2, 0) is 4.79 Å². The van der Waals surface area contributed by atoms with E-state index in [4.69, 9.17) is 5.11 Å². The Morgan fingerprint density at radius 1 is 1.12 bits per heavy atom. The van der Waals surface area contributed by atoms with E-state index in [1.54, 1.807) is 0 Å². The van der Waals surface area contributed by atoms with Crippen molar-refractivity contribution in [3.63, 3.8) is 0 Å². The molecule has 0 aliphatic heterocycles. The summed E-state index contributed by atoms with van der Waals surface area (Å²) in [6.07, 6.45) is 7.52. The molecule has 16 heavy (non-hydrogen) atoms. The molecular formula is C12H23NO3. The highest BCUT2D eigenvalue weighted by Crippen LogP contribution is 2.26. The van der Waals surface area contributed by atoms with Gasteiger partial charge in [-0.3, -0.25) is 4.79 Å². The van der Waals surface area contributed by atoms with E-state index in [1.807, 2.05) is 0 Å². The summed E-state index contributed by atoms with van der Waals surface area (Å²) in [5.41, 5.74) is -0.740. The molecule has 0 unspecified atom stereocenters. The second-order valence-corrected chi connectivity index (χ2v) is 4.66. The Labute approximate surface area is 97.0 Å². The van der Waals surface area contributed by atoms with Crippen LogP contribution in [0.15, 0.2) is 0 Å². The van der Waals surface area contributed by atoms with Gasteiger partial charge in [0.15, 0.2) is 0 Å². The summed E-state index contributed by atoms with van der Waals surface area (Å²) in [5.74, 6) is -0.729. The summed E-state index contributed by atoms with van der Waals surface area (Å²) in [4.78, 5) is 11.4. The van der Waals surface area contributed by atoms with Gasteiger partial charge in [0, 0.05) is 6.61 Å². The van der Waals surface area contributed by atoms with Gasteiger partial charge in [-0.05, 0) is 25.8 Å². The monoisotopic (exact) mass is 229 g/mol. The van der Waals surface area contributed by atoms with Crippen molar-refractivity contribution >= 4 is 5.97 Å². The molecule has 0 bridgehead atoms. The summed E-state index contributed by atoms with van der Waals surface area (Å²) >= 11 is 0. The van der Waals surface area contributed by atoms with Crippen molar-refractivity contribution in [2.75, 3.05) is 13.2 Å². The predicted octanol–water partition coefficient (Wildman–Crippen LogP) is 1.53. The Kier molecular flexibility index (Phi) is 5.77. The van der Waals surface area contributed by atoms with Crippen molar-refractivity contribution < 1.29 is 15.0 Å². The lowest BCUT2D eigenvalue weighted by molar-refractivity contribution is -0.146. The number of carboxylic acid groups (broad SMARTS) is 1. The van der Waals surface area contributed by atoms with Gasteiger partial charge in [0.05, 0.1) is 0 Å². The third-order valence-electron chi connectivity index (χ3n) is 3.41. The van der Waals surface area contributed by atoms with Crippen LogP contribution >= 0.6 is 0 Å². The molecule has 0 aromatic carbocycles. The average Bonchev–Trinajstić information content (AvgIpc) is 2.21. The summed E-state index contributed by atoms with van der Waals surface area (Å²) in [6.45, 7) is 0.700. The molecule has 1 fully saturated rings. The molecule has 4 nitrogen and oxygen atoms in total. The van der Waals surface area contributed by atoms with Crippen LogP contribution in [0.2, 0.25) is 0 Å². The number of aliphatic hydroxyl groups excluding tert-OH is 1. The smallest absolute Gasteiger partial charge is 0.323 e. The van der Waals surface area contributed by atoms with Crippen LogP contribution in [0.25, 0.3) is 0 Å². The first-order valence-corrected chi connectivity index (χ1v) is 6.30. The number of aliphatic hydroxyl groups is 1. The molecule has 0 radical (unpaired) electrons. The van der Waals surface area contributed by atoms with Gasteiger partial charge in [0.1, 0.15) is 5.54 Å². The SMILES string of the molecule is O=C(O)C1(NCCCO)CCCCCCC1. The van der Waals surface area contributed by atoms with Crippen molar-refractivity contribution in [2.45, 2.75) is 56.9 Å². The van der Waals surface area contributed by atoms with Crippen LogP contribution in [0.5, 0.6) is 0 Å². The van der Waals surface area contributed by atoms with E-state index in [-0.39, 0.29) is 6.61 Å². The highest BCUT2D eigenvalue weighted by molar-refractivity contribution is 5.78. The number of rotatable bonds is 5. The molecule has 0 amide bonds. The molecular weight excluding hydrogens is 206 g/mol. The van der Waals surface area contributed by atoms with E-state index < -0.39 is 11.5 Å². The maximum absolute atomic E-state index is 11.4. The summed E-state index contributed by atoms with van der Waals surface area (Å²) < 4.78 is 0. The first-order valence-electron chi connectivity index (χ1n) is 6.30. The molecule has 1 aliphatic carbocycles. The third kappa shape index (κ3) is 3.76. The van der Waals surface area contributed by atoms with E-state index >= 15 is 0 Å². The Balaban J connectivity index is 2.56. The topological polar surface area (TPSA) is 69.6 Å². The van der Waals surface area contributed by atoms with Gasteiger partial charge >= 0.3 is 5.97 Å². The fraction of sp³-hybridized carbons (Fsp3) is 0.917. The van der Waals surface area contributed by atoms with E-state index in [0.717, 1.165) is 25.7 Å². The predicted molar refractivity (Wildman–Crippen MR) is 62.4 cm³/mol. The van der Waals surface area contributed by atoms with E-state index in [1.165, 1.54) is 6.42 Å². The van der Waals surface area contributed by atoms with E-state index in [2.05, 4.69) is 5.32 Å². The number of hydrogen-bond acceptors (Lipinski definition) is 3. The van der Waals surface area contributed by atoms with Crippen LogP contribution in [0, 0.1) is 0 Å². The van der Waals surface area contributed by atoms with Crippen molar-refractivity contribution in [3.05, 3.63) is 0 Å². The van der Waals surface area contributed by atoms with Gasteiger partial charge in [-0.1, -0.05) is 32.1 Å². The second-order valence-electron chi connectivity index (χ2n) is 4.66. The highest BCUT2D eigenvalue weighted by atomic mass is 16.4. The number of carboxylic acids is 1. The van der Waals surface area contributed by atoms with Crippen LogP contribution in [0.3, 0.4) is 0 Å². The van der Waals surface area contributed by atoms with Gasteiger partial charge < -0.3 is 15.5 Å². The molecule has 1 aliphatic rings. The molecule has 0 aromatic heterocycles. The summed E-state index contributed by atoms with van der Waals surface area (Å²) in [6, 6.07) is 0. The molecule has 4 heteroatoms. The van der Waals surface area contributed by atoms with E-state index in [0.29, 0.717) is 25.8 Å². The van der Waals surface area contributed by atoms with Gasteiger partial charge in [-0.15, -0.1) is 0 Å². The number of aliphatic carboxylic acids is 1. The van der Waals surface area contributed by atoms with Crippen molar-refractivity contribution in [1.29, 1.82) is 0 Å². The molecule has 94 valence electrons. The van der Waals surface area contributed by atoms with Crippen molar-refractivity contribution in [2.24, 2.45) is 0 Å². The van der Waals surface area contributed by atoms with Crippen molar-refractivity contribution in [3.8, 4) is 0 Å². The van der Waals surface area contributed by atoms with Crippen LogP contribution in [0.4, 0.5) is 0 Å². The Morgan fingerprint density at radius 3 is 2.19 bits per heavy atom. The number of nitrogens with one attached hydrogen (secondary N) is 1. The van der Waals surface area contributed by atoms with Crippen molar-refractivity contribution in [1.82, 2.24) is 5.32 Å². The molecule has 1 rings (SSSR count). The molecule has 0 saturated heterocycles. The fourth-order valence-electron chi connectivity index (χ4n) is 2.38.